The van der Waals surface area contributed by atoms with E-state index in [1.165, 1.54) is 4.90 Å². The molecule has 1 atom stereocenters. The van der Waals surface area contributed by atoms with E-state index in [2.05, 4.69) is 29.5 Å². The van der Waals surface area contributed by atoms with E-state index in [0.29, 0.717) is 35.0 Å². The number of nitrogens with one attached hydrogen (secondary N) is 1. The summed E-state index contributed by atoms with van der Waals surface area (Å²) in [6, 6.07) is 21.5. The Bertz CT molecular complexity index is 1360. The Kier molecular flexibility index (Phi) is 8.18. The van der Waals surface area contributed by atoms with Gasteiger partial charge in [0.05, 0.1) is 18.3 Å². The van der Waals surface area contributed by atoms with Crippen LogP contribution < -0.4 is 15.0 Å². The van der Waals surface area contributed by atoms with Gasteiger partial charge >= 0.3 is 0 Å². The van der Waals surface area contributed by atoms with Crippen molar-refractivity contribution in [2.75, 3.05) is 18.6 Å². The number of hydrogen-bond acceptors (Lipinski definition) is 5. The standard InChI is InChI=1S/C29H33N5O3/c1-20(2)17-18-30-29(36)28(22-15-13-21(3)14-16-22)34(25-11-7-8-12-26(25)37-4)27(35)19-33-24-10-6-5-9-23(24)31-32-33/h5-16,20,28H,17-19H2,1-4H3,(H,30,36). The monoisotopic (exact) mass is 499 g/mol. The number of aryl methyl sites for hydroxylation is 1. The Morgan fingerprint density at radius 2 is 1.70 bits per heavy atom. The number of carbonyl (C=O) groups excluding carboxylic acids is 2. The molecule has 37 heavy (non-hydrogen) atoms. The Labute approximate surface area is 217 Å². The van der Waals surface area contributed by atoms with Gasteiger partial charge in [-0.2, -0.15) is 0 Å². The first kappa shape index (κ1) is 25.9. The number of ether oxygens (including phenoxy) is 1. The van der Waals surface area contributed by atoms with Gasteiger partial charge in [-0.1, -0.05) is 73.2 Å². The molecule has 8 nitrogen and oxygen atoms in total. The zero-order valence-electron chi connectivity index (χ0n) is 21.7. The lowest BCUT2D eigenvalue weighted by atomic mass is 10.0. The number of fused-ring (bicyclic) bond motifs is 1. The molecule has 0 bridgehead atoms. The number of benzene rings is 3. The van der Waals surface area contributed by atoms with Crippen LogP contribution in [0.25, 0.3) is 11.0 Å². The third-order valence-electron chi connectivity index (χ3n) is 6.24. The maximum Gasteiger partial charge on any atom is 0.249 e. The molecule has 0 fully saturated rings. The number of nitrogens with zero attached hydrogens (tertiary/aromatic N) is 4. The van der Waals surface area contributed by atoms with Crippen LogP contribution in [0.1, 0.15) is 37.4 Å². The minimum Gasteiger partial charge on any atom is -0.495 e. The maximum atomic E-state index is 14.1. The summed E-state index contributed by atoms with van der Waals surface area (Å²) in [6.07, 6.45) is 0.833. The van der Waals surface area contributed by atoms with Crippen LogP contribution in [-0.2, 0) is 16.1 Å². The first-order chi connectivity index (χ1) is 17.9. The summed E-state index contributed by atoms with van der Waals surface area (Å²) in [7, 11) is 1.55. The normalized spacial score (nSPS) is 11.9. The van der Waals surface area contributed by atoms with Crippen LogP contribution in [0.5, 0.6) is 5.75 Å². The molecule has 8 heteroatoms. The Morgan fingerprint density at radius 3 is 2.43 bits per heavy atom. The molecule has 0 aliphatic heterocycles. The molecule has 0 aliphatic rings. The van der Waals surface area contributed by atoms with E-state index >= 15 is 0 Å². The van der Waals surface area contributed by atoms with Crippen molar-refractivity contribution in [1.82, 2.24) is 20.3 Å². The molecule has 1 N–H and O–H groups in total. The Hall–Kier alpha value is -4.20. The van der Waals surface area contributed by atoms with Crippen LogP contribution in [0.4, 0.5) is 5.69 Å². The number of methoxy groups -OCH3 is 1. The SMILES string of the molecule is COc1ccccc1N(C(=O)Cn1nnc2ccccc21)C(C(=O)NCCC(C)C)c1ccc(C)cc1. The fourth-order valence-electron chi connectivity index (χ4n) is 4.23. The van der Waals surface area contributed by atoms with E-state index in [9.17, 15) is 9.59 Å². The molecular weight excluding hydrogens is 466 g/mol. The van der Waals surface area contributed by atoms with E-state index in [4.69, 9.17) is 4.74 Å². The molecule has 1 aromatic heterocycles. The van der Waals surface area contributed by atoms with E-state index in [-0.39, 0.29) is 18.4 Å². The maximum absolute atomic E-state index is 14.1. The summed E-state index contributed by atoms with van der Waals surface area (Å²) < 4.78 is 7.18. The van der Waals surface area contributed by atoms with Gasteiger partial charge in [-0.3, -0.25) is 14.5 Å². The van der Waals surface area contributed by atoms with Crippen molar-refractivity contribution >= 4 is 28.5 Å². The third kappa shape index (κ3) is 5.97. The van der Waals surface area contributed by atoms with Gasteiger partial charge in [0.2, 0.25) is 11.8 Å². The van der Waals surface area contributed by atoms with E-state index in [0.717, 1.165) is 17.5 Å². The van der Waals surface area contributed by atoms with Gasteiger partial charge in [-0.05, 0) is 49.1 Å². The quantitative estimate of drug-likeness (QED) is 0.342. The van der Waals surface area contributed by atoms with E-state index < -0.39 is 6.04 Å². The van der Waals surface area contributed by atoms with Gasteiger partial charge in [0.15, 0.2) is 0 Å². The lowest BCUT2D eigenvalue weighted by Gasteiger charge is -2.32. The number of para-hydroxylation sites is 3. The average Bonchev–Trinajstić information content (AvgIpc) is 3.30. The number of hydrogen-bond donors (Lipinski definition) is 1. The summed E-state index contributed by atoms with van der Waals surface area (Å²) in [5, 5.41) is 11.4. The third-order valence-corrected chi connectivity index (χ3v) is 6.24. The minimum atomic E-state index is -0.911. The lowest BCUT2D eigenvalue weighted by molar-refractivity contribution is -0.127. The van der Waals surface area contributed by atoms with E-state index in [1.807, 2.05) is 67.6 Å². The number of carbonyl (C=O) groups is 2. The molecule has 0 saturated carbocycles. The molecule has 0 aliphatic carbocycles. The molecule has 1 heterocycles. The largest absolute Gasteiger partial charge is 0.495 e. The summed E-state index contributed by atoms with van der Waals surface area (Å²) >= 11 is 0. The van der Waals surface area contributed by atoms with Crippen molar-refractivity contribution < 1.29 is 14.3 Å². The number of anilines is 1. The molecule has 0 spiro atoms. The highest BCUT2D eigenvalue weighted by atomic mass is 16.5. The van der Waals surface area contributed by atoms with Crippen LogP contribution in [0, 0.1) is 12.8 Å². The summed E-state index contributed by atoms with van der Waals surface area (Å²) in [5.74, 6) is 0.356. The first-order valence-corrected chi connectivity index (χ1v) is 12.5. The molecule has 192 valence electrons. The van der Waals surface area contributed by atoms with Gasteiger partial charge < -0.3 is 10.1 Å². The van der Waals surface area contributed by atoms with Crippen molar-refractivity contribution in [3.8, 4) is 5.75 Å². The van der Waals surface area contributed by atoms with Gasteiger partial charge in [0.1, 0.15) is 23.9 Å². The number of aromatic nitrogens is 3. The van der Waals surface area contributed by atoms with Crippen LogP contribution >= 0.6 is 0 Å². The Balaban J connectivity index is 1.79. The van der Waals surface area contributed by atoms with Crippen molar-refractivity contribution in [3.63, 3.8) is 0 Å². The highest BCUT2D eigenvalue weighted by molar-refractivity contribution is 6.02. The molecule has 2 amide bonds. The van der Waals surface area contributed by atoms with E-state index in [1.54, 1.807) is 23.9 Å². The second-order valence-electron chi connectivity index (χ2n) is 9.46. The number of rotatable bonds is 10. The van der Waals surface area contributed by atoms with Gasteiger partial charge in [-0.15, -0.1) is 5.10 Å². The molecule has 0 radical (unpaired) electrons. The zero-order chi connectivity index (χ0) is 26.4. The lowest BCUT2D eigenvalue weighted by Crippen LogP contribution is -2.45. The summed E-state index contributed by atoms with van der Waals surface area (Å²) in [5.41, 5.74) is 3.70. The van der Waals surface area contributed by atoms with Crippen molar-refractivity contribution in [3.05, 3.63) is 83.9 Å². The second kappa shape index (κ2) is 11.7. The second-order valence-corrected chi connectivity index (χ2v) is 9.46. The molecule has 0 saturated heterocycles. The fraction of sp³-hybridized carbons (Fsp3) is 0.310. The molecular formula is C29H33N5O3. The highest BCUT2D eigenvalue weighted by Crippen LogP contribution is 2.35. The summed E-state index contributed by atoms with van der Waals surface area (Å²) in [4.78, 5) is 29.4. The first-order valence-electron chi connectivity index (χ1n) is 12.5. The zero-order valence-corrected chi connectivity index (χ0v) is 21.7. The number of amides is 2. The van der Waals surface area contributed by atoms with Crippen LogP contribution in [-0.4, -0.2) is 40.5 Å². The van der Waals surface area contributed by atoms with Crippen molar-refractivity contribution in [2.24, 2.45) is 5.92 Å². The van der Waals surface area contributed by atoms with Crippen LogP contribution in [0.15, 0.2) is 72.8 Å². The van der Waals surface area contributed by atoms with Crippen molar-refractivity contribution in [2.45, 2.75) is 39.8 Å². The smallest absolute Gasteiger partial charge is 0.249 e. The highest BCUT2D eigenvalue weighted by Gasteiger charge is 2.34. The molecule has 1 unspecified atom stereocenters. The predicted molar refractivity (Wildman–Crippen MR) is 144 cm³/mol. The van der Waals surface area contributed by atoms with Crippen molar-refractivity contribution in [1.29, 1.82) is 0 Å². The van der Waals surface area contributed by atoms with Gasteiger partial charge in [-0.25, -0.2) is 4.68 Å². The minimum absolute atomic E-state index is 0.0970. The van der Waals surface area contributed by atoms with Crippen LogP contribution in [0.2, 0.25) is 0 Å². The average molecular weight is 500 g/mol. The topological polar surface area (TPSA) is 89.3 Å². The van der Waals surface area contributed by atoms with Gasteiger partial charge in [0.25, 0.3) is 0 Å². The summed E-state index contributed by atoms with van der Waals surface area (Å²) in [6.45, 7) is 6.62. The fourth-order valence-corrected chi connectivity index (χ4v) is 4.23. The molecule has 3 aromatic carbocycles. The molecule has 4 aromatic rings. The predicted octanol–water partition coefficient (Wildman–Crippen LogP) is 4.69. The van der Waals surface area contributed by atoms with Gasteiger partial charge in [0, 0.05) is 6.54 Å². The molecule has 4 rings (SSSR count). The Morgan fingerprint density at radius 1 is 1.00 bits per heavy atom. The van der Waals surface area contributed by atoms with Crippen LogP contribution in [0.3, 0.4) is 0 Å².